The first-order valence-corrected chi connectivity index (χ1v) is 11.4. The molecule has 1 fully saturated rings. The van der Waals surface area contributed by atoms with Crippen LogP contribution < -0.4 is 10.1 Å². The number of hydrogen-bond donors (Lipinski definition) is 2. The molecule has 0 aliphatic heterocycles. The molecule has 2 aromatic rings. The normalized spacial score (nSPS) is 14.9. The van der Waals surface area contributed by atoms with Gasteiger partial charge in [-0.15, -0.1) is 0 Å². The molecular formula is C26H33NO5. The molecule has 0 bridgehead atoms. The van der Waals surface area contributed by atoms with Gasteiger partial charge in [-0.25, -0.2) is 4.79 Å². The van der Waals surface area contributed by atoms with Crippen LogP contribution in [0.15, 0.2) is 54.6 Å². The topological polar surface area (TPSA) is 84.9 Å². The fourth-order valence-electron chi connectivity index (χ4n) is 3.82. The zero-order valence-corrected chi connectivity index (χ0v) is 18.7. The Hall–Kier alpha value is -3.02. The quantitative estimate of drug-likeness (QED) is 0.419. The number of carbonyl (C=O) groups is 2. The van der Waals surface area contributed by atoms with E-state index in [4.69, 9.17) is 9.47 Å². The fraction of sp³-hybridized carbons (Fsp3) is 0.462. The predicted molar refractivity (Wildman–Crippen MR) is 123 cm³/mol. The molecule has 0 spiro atoms. The van der Waals surface area contributed by atoms with Crippen molar-refractivity contribution in [2.45, 2.75) is 58.2 Å². The second-order valence-electron chi connectivity index (χ2n) is 8.49. The molecule has 1 aliphatic rings. The summed E-state index contributed by atoms with van der Waals surface area (Å²) >= 11 is 0. The van der Waals surface area contributed by atoms with Gasteiger partial charge in [0.2, 0.25) is 0 Å². The number of aryl methyl sites for hydroxylation is 1. The van der Waals surface area contributed by atoms with Crippen molar-refractivity contribution in [2.75, 3.05) is 6.54 Å². The van der Waals surface area contributed by atoms with E-state index in [-0.39, 0.29) is 18.6 Å². The van der Waals surface area contributed by atoms with Gasteiger partial charge in [0.15, 0.2) is 0 Å². The van der Waals surface area contributed by atoms with Crippen molar-refractivity contribution < 1.29 is 24.2 Å². The Kier molecular flexibility index (Phi) is 8.96. The second kappa shape index (κ2) is 12.1. The third-order valence-corrected chi connectivity index (χ3v) is 5.80. The molecular weight excluding hydrogens is 406 g/mol. The van der Waals surface area contributed by atoms with Crippen molar-refractivity contribution >= 4 is 12.1 Å². The molecule has 6 heteroatoms. The van der Waals surface area contributed by atoms with E-state index < -0.39 is 12.1 Å². The number of carbonyl (C=O) groups excluding carboxylic acids is 1. The van der Waals surface area contributed by atoms with Crippen LogP contribution in [0.4, 0.5) is 4.79 Å². The van der Waals surface area contributed by atoms with Crippen LogP contribution in [0, 0.1) is 11.8 Å². The molecule has 0 aromatic heterocycles. The summed E-state index contributed by atoms with van der Waals surface area (Å²) in [6.07, 6.45) is 4.49. The molecule has 2 aromatic carbocycles. The second-order valence-corrected chi connectivity index (χ2v) is 8.49. The molecule has 1 amide bonds. The summed E-state index contributed by atoms with van der Waals surface area (Å²) < 4.78 is 11.4. The maximum atomic E-state index is 11.9. The highest BCUT2D eigenvalue weighted by atomic mass is 16.5. The standard InChI is InChI=1S/C26H33NO5/c1-19(13-16-23(25(28)29)21-14-15-21)32-24-12-6-5-10-22(24)11-7-17-27-26(30)31-18-20-8-3-2-4-9-20/h2-6,8-10,12,19,21,23H,7,11,13-18H2,1H3,(H,27,30)(H,28,29)/t19-,23+/m1/s1. The van der Waals surface area contributed by atoms with Gasteiger partial charge < -0.3 is 19.9 Å². The number of alkyl carbamates (subject to hydrolysis) is 1. The number of carboxylic acid groups (broad SMARTS) is 1. The summed E-state index contributed by atoms with van der Waals surface area (Å²) in [4.78, 5) is 23.3. The Balaban J connectivity index is 1.37. The summed E-state index contributed by atoms with van der Waals surface area (Å²) in [5.41, 5.74) is 2.03. The van der Waals surface area contributed by atoms with E-state index >= 15 is 0 Å². The van der Waals surface area contributed by atoms with Crippen LogP contribution in [0.5, 0.6) is 5.75 Å². The fourth-order valence-corrected chi connectivity index (χ4v) is 3.82. The van der Waals surface area contributed by atoms with Gasteiger partial charge in [-0.2, -0.15) is 0 Å². The molecule has 0 saturated heterocycles. The van der Waals surface area contributed by atoms with E-state index in [2.05, 4.69) is 5.32 Å². The highest BCUT2D eigenvalue weighted by molar-refractivity contribution is 5.70. The van der Waals surface area contributed by atoms with Crippen LogP contribution in [-0.4, -0.2) is 29.8 Å². The van der Waals surface area contributed by atoms with Crippen LogP contribution in [0.1, 0.15) is 50.2 Å². The van der Waals surface area contributed by atoms with Gasteiger partial charge in [-0.3, -0.25) is 4.79 Å². The smallest absolute Gasteiger partial charge is 0.407 e. The average Bonchev–Trinajstić information content (AvgIpc) is 3.62. The van der Waals surface area contributed by atoms with Crippen molar-refractivity contribution in [3.05, 3.63) is 65.7 Å². The number of aliphatic carboxylic acids is 1. The van der Waals surface area contributed by atoms with Gasteiger partial charge in [-0.1, -0.05) is 48.5 Å². The van der Waals surface area contributed by atoms with E-state index in [9.17, 15) is 14.7 Å². The largest absolute Gasteiger partial charge is 0.490 e. The molecule has 0 radical (unpaired) electrons. The number of ether oxygens (including phenoxy) is 2. The lowest BCUT2D eigenvalue weighted by molar-refractivity contribution is -0.142. The van der Waals surface area contributed by atoms with Gasteiger partial charge in [-0.05, 0) is 68.6 Å². The molecule has 6 nitrogen and oxygen atoms in total. The van der Waals surface area contributed by atoms with E-state index in [1.807, 2.05) is 61.5 Å². The first kappa shape index (κ1) is 23.6. The lowest BCUT2D eigenvalue weighted by atomic mass is 9.96. The Bertz CT molecular complexity index is 866. The molecule has 32 heavy (non-hydrogen) atoms. The minimum absolute atomic E-state index is 0.0529. The van der Waals surface area contributed by atoms with Crippen molar-refractivity contribution in [1.82, 2.24) is 5.32 Å². The molecule has 3 rings (SSSR count). The number of carboxylic acids is 1. The highest BCUT2D eigenvalue weighted by Gasteiger charge is 2.36. The number of rotatable bonds is 13. The minimum atomic E-state index is -0.685. The summed E-state index contributed by atoms with van der Waals surface area (Å²) in [7, 11) is 0. The van der Waals surface area contributed by atoms with E-state index in [0.29, 0.717) is 18.9 Å². The van der Waals surface area contributed by atoms with Gasteiger partial charge in [0.05, 0.1) is 12.0 Å². The molecule has 1 saturated carbocycles. The Morgan fingerprint density at radius 1 is 1.06 bits per heavy atom. The van der Waals surface area contributed by atoms with Crippen LogP contribution >= 0.6 is 0 Å². The van der Waals surface area contributed by atoms with Gasteiger partial charge in [0.1, 0.15) is 12.4 Å². The summed E-state index contributed by atoms with van der Waals surface area (Å²) in [5, 5.41) is 12.2. The lowest BCUT2D eigenvalue weighted by Gasteiger charge is -2.19. The van der Waals surface area contributed by atoms with Crippen LogP contribution in [-0.2, 0) is 22.6 Å². The van der Waals surface area contributed by atoms with E-state index in [1.165, 1.54) is 0 Å². The SMILES string of the molecule is C[C@H](CC[C@H](C(=O)O)C1CC1)Oc1ccccc1CCCNC(=O)OCc1ccccc1. The third kappa shape index (κ3) is 7.91. The molecule has 172 valence electrons. The Labute approximate surface area is 189 Å². The molecule has 1 aliphatic carbocycles. The predicted octanol–water partition coefficient (Wildman–Crippen LogP) is 5.20. The monoisotopic (exact) mass is 439 g/mol. The van der Waals surface area contributed by atoms with Gasteiger partial charge in [0.25, 0.3) is 0 Å². The van der Waals surface area contributed by atoms with Crippen LogP contribution in [0.3, 0.4) is 0 Å². The van der Waals surface area contributed by atoms with Crippen molar-refractivity contribution in [1.29, 1.82) is 0 Å². The molecule has 2 atom stereocenters. The van der Waals surface area contributed by atoms with Gasteiger partial charge in [0, 0.05) is 6.54 Å². The summed E-state index contributed by atoms with van der Waals surface area (Å²) in [6.45, 7) is 2.76. The lowest BCUT2D eigenvalue weighted by Crippen LogP contribution is -2.25. The van der Waals surface area contributed by atoms with E-state index in [0.717, 1.165) is 49.0 Å². The number of amides is 1. The van der Waals surface area contributed by atoms with Crippen molar-refractivity contribution in [2.24, 2.45) is 11.8 Å². The zero-order chi connectivity index (χ0) is 22.8. The summed E-state index contributed by atoms with van der Waals surface area (Å²) in [6, 6.07) is 17.5. The van der Waals surface area contributed by atoms with Crippen molar-refractivity contribution in [3.8, 4) is 5.75 Å². The molecule has 2 N–H and O–H groups in total. The zero-order valence-electron chi connectivity index (χ0n) is 18.7. The number of hydrogen-bond acceptors (Lipinski definition) is 4. The Morgan fingerprint density at radius 3 is 2.50 bits per heavy atom. The number of benzene rings is 2. The van der Waals surface area contributed by atoms with Crippen LogP contribution in [0.2, 0.25) is 0 Å². The first-order chi connectivity index (χ1) is 15.5. The number of nitrogens with one attached hydrogen (secondary N) is 1. The van der Waals surface area contributed by atoms with Crippen molar-refractivity contribution in [3.63, 3.8) is 0 Å². The Morgan fingerprint density at radius 2 is 1.78 bits per heavy atom. The van der Waals surface area contributed by atoms with Gasteiger partial charge >= 0.3 is 12.1 Å². The van der Waals surface area contributed by atoms with E-state index in [1.54, 1.807) is 0 Å². The molecule has 0 heterocycles. The maximum absolute atomic E-state index is 11.9. The summed E-state index contributed by atoms with van der Waals surface area (Å²) in [5.74, 6) is 0.239. The maximum Gasteiger partial charge on any atom is 0.407 e. The van der Waals surface area contributed by atoms with Crippen LogP contribution in [0.25, 0.3) is 0 Å². The third-order valence-electron chi connectivity index (χ3n) is 5.80. The number of para-hydroxylation sites is 1. The highest BCUT2D eigenvalue weighted by Crippen LogP contribution is 2.39. The first-order valence-electron chi connectivity index (χ1n) is 11.4. The molecule has 0 unspecified atom stereocenters. The minimum Gasteiger partial charge on any atom is -0.490 e. The average molecular weight is 440 g/mol.